The third-order valence-corrected chi connectivity index (χ3v) is 2.49. The van der Waals surface area contributed by atoms with E-state index in [4.69, 9.17) is 4.74 Å². The summed E-state index contributed by atoms with van der Waals surface area (Å²) in [5.41, 5.74) is 0.800. The molecule has 0 spiro atoms. The normalized spacial score (nSPS) is 13.1. The fourth-order valence-electron chi connectivity index (χ4n) is 1.21. The maximum absolute atomic E-state index is 9.57. The average Bonchev–Trinajstić information content (AvgIpc) is 2.20. The number of allylic oxidation sites excluding steroid dienone is 1. The molecule has 0 aliphatic rings. The number of hydrogen-bond acceptors (Lipinski definition) is 2. The molecule has 15 heavy (non-hydrogen) atoms. The third-order valence-electron chi connectivity index (χ3n) is 1.99. The van der Waals surface area contributed by atoms with E-state index in [1.807, 2.05) is 37.3 Å². The summed E-state index contributed by atoms with van der Waals surface area (Å²) in [5, 5.41) is 9.57. The first-order valence-electron chi connectivity index (χ1n) is 4.86. The highest BCUT2D eigenvalue weighted by Gasteiger charge is 2.09. The average molecular weight is 271 g/mol. The molecule has 82 valence electrons. The lowest BCUT2D eigenvalue weighted by Gasteiger charge is -2.12. The molecule has 0 aromatic heterocycles. The Morgan fingerprint density at radius 1 is 1.53 bits per heavy atom. The standard InChI is InChI=1S/C12H15BrO2/c1-3-4-7-15-12-6-5-10(13)8-11(12)9(2)14/h3-6,8-9,14H,7H2,1-2H3. The molecule has 0 saturated heterocycles. The summed E-state index contributed by atoms with van der Waals surface area (Å²) in [5.74, 6) is 0.728. The number of ether oxygens (including phenoxy) is 1. The Morgan fingerprint density at radius 3 is 2.87 bits per heavy atom. The van der Waals surface area contributed by atoms with Gasteiger partial charge in [-0.25, -0.2) is 0 Å². The van der Waals surface area contributed by atoms with Crippen LogP contribution < -0.4 is 4.74 Å². The highest BCUT2D eigenvalue weighted by Crippen LogP contribution is 2.28. The van der Waals surface area contributed by atoms with Gasteiger partial charge in [0.2, 0.25) is 0 Å². The Labute approximate surface area is 98.7 Å². The quantitative estimate of drug-likeness (QED) is 0.850. The fraction of sp³-hybridized carbons (Fsp3) is 0.333. The zero-order valence-corrected chi connectivity index (χ0v) is 10.5. The van der Waals surface area contributed by atoms with Gasteiger partial charge in [0.15, 0.2) is 0 Å². The van der Waals surface area contributed by atoms with E-state index in [0.29, 0.717) is 6.61 Å². The van der Waals surface area contributed by atoms with E-state index >= 15 is 0 Å². The van der Waals surface area contributed by atoms with E-state index < -0.39 is 6.10 Å². The molecule has 0 aliphatic carbocycles. The summed E-state index contributed by atoms with van der Waals surface area (Å²) in [6, 6.07) is 5.63. The highest BCUT2D eigenvalue weighted by molar-refractivity contribution is 9.10. The molecule has 1 aromatic rings. The number of hydrogen-bond donors (Lipinski definition) is 1. The number of aliphatic hydroxyl groups excluding tert-OH is 1. The second kappa shape index (κ2) is 5.93. The van der Waals surface area contributed by atoms with E-state index in [2.05, 4.69) is 15.9 Å². The van der Waals surface area contributed by atoms with Gasteiger partial charge in [-0.3, -0.25) is 0 Å². The van der Waals surface area contributed by atoms with Crippen molar-refractivity contribution in [3.05, 3.63) is 40.4 Å². The maximum Gasteiger partial charge on any atom is 0.125 e. The molecule has 0 bridgehead atoms. The van der Waals surface area contributed by atoms with Crippen molar-refractivity contribution in [2.75, 3.05) is 6.61 Å². The van der Waals surface area contributed by atoms with Crippen LogP contribution in [-0.2, 0) is 0 Å². The minimum atomic E-state index is -0.525. The minimum Gasteiger partial charge on any atom is -0.489 e. The smallest absolute Gasteiger partial charge is 0.125 e. The van der Waals surface area contributed by atoms with Gasteiger partial charge in [-0.1, -0.05) is 28.1 Å². The first kappa shape index (κ1) is 12.3. The largest absolute Gasteiger partial charge is 0.489 e. The van der Waals surface area contributed by atoms with Crippen LogP contribution in [0.25, 0.3) is 0 Å². The van der Waals surface area contributed by atoms with Crippen LogP contribution in [0.5, 0.6) is 5.75 Å². The fourth-order valence-corrected chi connectivity index (χ4v) is 1.59. The summed E-state index contributed by atoms with van der Waals surface area (Å²) in [6.45, 7) is 4.20. The summed E-state index contributed by atoms with van der Waals surface area (Å²) >= 11 is 3.37. The lowest BCUT2D eigenvalue weighted by Crippen LogP contribution is -2.00. The van der Waals surface area contributed by atoms with Gasteiger partial charge in [0.05, 0.1) is 6.10 Å². The van der Waals surface area contributed by atoms with Crippen molar-refractivity contribution in [2.24, 2.45) is 0 Å². The zero-order chi connectivity index (χ0) is 11.3. The van der Waals surface area contributed by atoms with Crippen LogP contribution in [-0.4, -0.2) is 11.7 Å². The Kier molecular flexibility index (Phi) is 4.85. The first-order chi connectivity index (χ1) is 7.15. The second-order valence-corrected chi connectivity index (χ2v) is 4.15. The topological polar surface area (TPSA) is 29.5 Å². The van der Waals surface area contributed by atoms with Gasteiger partial charge in [-0.05, 0) is 32.0 Å². The third kappa shape index (κ3) is 3.68. The van der Waals surface area contributed by atoms with Gasteiger partial charge in [0.25, 0.3) is 0 Å². The van der Waals surface area contributed by atoms with Gasteiger partial charge >= 0.3 is 0 Å². The number of rotatable bonds is 4. The van der Waals surface area contributed by atoms with Crippen molar-refractivity contribution in [1.82, 2.24) is 0 Å². The molecule has 3 heteroatoms. The molecule has 0 saturated carbocycles. The van der Waals surface area contributed by atoms with Crippen LogP contribution in [0.2, 0.25) is 0 Å². The molecule has 0 heterocycles. The van der Waals surface area contributed by atoms with Crippen molar-refractivity contribution < 1.29 is 9.84 Å². The van der Waals surface area contributed by atoms with Crippen LogP contribution in [0.15, 0.2) is 34.8 Å². The Morgan fingerprint density at radius 2 is 2.27 bits per heavy atom. The molecular weight excluding hydrogens is 256 g/mol. The van der Waals surface area contributed by atoms with Gasteiger partial charge in [-0.2, -0.15) is 0 Å². The molecule has 0 amide bonds. The molecular formula is C12H15BrO2. The maximum atomic E-state index is 9.57. The predicted octanol–water partition coefficient (Wildman–Crippen LogP) is 3.46. The molecule has 1 rings (SSSR count). The summed E-state index contributed by atoms with van der Waals surface area (Å²) in [4.78, 5) is 0. The molecule has 2 nitrogen and oxygen atoms in total. The lowest BCUT2D eigenvalue weighted by molar-refractivity contribution is 0.193. The number of benzene rings is 1. The molecule has 1 unspecified atom stereocenters. The Balaban J connectivity index is 2.85. The first-order valence-corrected chi connectivity index (χ1v) is 5.66. The van der Waals surface area contributed by atoms with E-state index in [1.165, 1.54) is 0 Å². The van der Waals surface area contributed by atoms with Crippen LogP contribution in [0, 0.1) is 0 Å². The van der Waals surface area contributed by atoms with Crippen molar-refractivity contribution in [3.63, 3.8) is 0 Å². The SMILES string of the molecule is CC=CCOc1ccc(Br)cc1C(C)O. The zero-order valence-electron chi connectivity index (χ0n) is 8.90. The van der Waals surface area contributed by atoms with E-state index in [-0.39, 0.29) is 0 Å². The summed E-state index contributed by atoms with van der Waals surface area (Å²) < 4.78 is 6.47. The molecule has 0 aliphatic heterocycles. The van der Waals surface area contributed by atoms with E-state index in [0.717, 1.165) is 15.8 Å². The van der Waals surface area contributed by atoms with Gasteiger partial charge in [0, 0.05) is 10.0 Å². The number of aliphatic hydroxyl groups is 1. The minimum absolute atomic E-state index is 0.525. The van der Waals surface area contributed by atoms with Crippen LogP contribution in [0.4, 0.5) is 0 Å². The molecule has 1 N–H and O–H groups in total. The Hall–Kier alpha value is -0.800. The van der Waals surface area contributed by atoms with Gasteiger partial charge in [-0.15, -0.1) is 0 Å². The molecule has 1 aromatic carbocycles. The number of halogens is 1. The van der Waals surface area contributed by atoms with Crippen molar-refractivity contribution >= 4 is 15.9 Å². The molecule has 0 radical (unpaired) electrons. The Bertz CT molecular complexity index is 345. The van der Waals surface area contributed by atoms with Crippen molar-refractivity contribution in [2.45, 2.75) is 20.0 Å². The van der Waals surface area contributed by atoms with Crippen molar-refractivity contribution in [1.29, 1.82) is 0 Å². The van der Waals surface area contributed by atoms with Crippen LogP contribution in [0.1, 0.15) is 25.5 Å². The van der Waals surface area contributed by atoms with Crippen molar-refractivity contribution in [3.8, 4) is 5.75 Å². The van der Waals surface area contributed by atoms with E-state index in [1.54, 1.807) is 6.92 Å². The highest BCUT2D eigenvalue weighted by atomic mass is 79.9. The predicted molar refractivity (Wildman–Crippen MR) is 65.1 cm³/mol. The molecule has 1 atom stereocenters. The summed E-state index contributed by atoms with van der Waals surface area (Å²) in [6.07, 6.45) is 3.33. The summed E-state index contributed by atoms with van der Waals surface area (Å²) in [7, 11) is 0. The van der Waals surface area contributed by atoms with Crippen LogP contribution >= 0.6 is 15.9 Å². The van der Waals surface area contributed by atoms with Crippen LogP contribution in [0.3, 0.4) is 0 Å². The molecule has 0 fully saturated rings. The van der Waals surface area contributed by atoms with Gasteiger partial charge in [0.1, 0.15) is 12.4 Å². The van der Waals surface area contributed by atoms with Gasteiger partial charge < -0.3 is 9.84 Å². The monoisotopic (exact) mass is 270 g/mol. The second-order valence-electron chi connectivity index (χ2n) is 3.24. The van der Waals surface area contributed by atoms with E-state index in [9.17, 15) is 5.11 Å². The lowest BCUT2D eigenvalue weighted by atomic mass is 10.1.